The van der Waals surface area contributed by atoms with E-state index >= 15 is 0 Å². The molecule has 1 amide bonds. The van der Waals surface area contributed by atoms with Gasteiger partial charge in [0.2, 0.25) is 17.6 Å². The number of carbonyl (C=O) groups excluding carboxylic acids is 1. The number of aromatic nitrogens is 3. The molecule has 7 heteroatoms. The van der Waals surface area contributed by atoms with Gasteiger partial charge in [0.25, 0.3) is 0 Å². The van der Waals surface area contributed by atoms with Crippen molar-refractivity contribution in [2.75, 3.05) is 12.4 Å². The van der Waals surface area contributed by atoms with Gasteiger partial charge in [0.15, 0.2) is 0 Å². The van der Waals surface area contributed by atoms with Gasteiger partial charge in [-0.15, -0.1) is 0 Å². The third-order valence-electron chi connectivity index (χ3n) is 3.35. The number of benzene rings is 1. The average molecular weight is 324 g/mol. The maximum Gasteiger partial charge on any atom is 0.227 e. The van der Waals surface area contributed by atoms with Crippen LogP contribution in [-0.4, -0.2) is 28.1 Å². The van der Waals surface area contributed by atoms with E-state index in [9.17, 15) is 4.79 Å². The Morgan fingerprint density at radius 3 is 2.62 bits per heavy atom. The van der Waals surface area contributed by atoms with Crippen molar-refractivity contribution in [2.45, 2.75) is 12.8 Å². The van der Waals surface area contributed by atoms with Gasteiger partial charge in [0.1, 0.15) is 5.75 Å². The van der Waals surface area contributed by atoms with Crippen LogP contribution in [0.4, 0.5) is 5.69 Å². The SMILES string of the molecule is COc1ccc(-c2noc(CCC(=O)Nc3ccncc3)n2)cc1. The van der Waals surface area contributed by atoms with Crippen molar-refractivity contribution in [2.24, 2.45) is 0 Å². The van der Waals surface area contributed by atoms with Crippen LogP contribution in [-0.2, 0) is 11.2 Å². The second-order valence-electron chi connectivity index (χ2n) is 5.02. The lowest BCUT2D eigenvalue weighted by Crippen LogP contribution is -2.12. The zero-order valence-corrected chi connectivity index (χ0v) is 13.1. The molecule has 0 unspecified atom stereocenters. The Labute approximate surface area is 138 Å². The van der Waals surface area contributed by atoms with Crippen molar-refractivity contribution in [1.29, 1.82) is 0 Å². The number of anilines is 1. The predicted octanol–water partition coefficient (Wildman–Crippen LogP) is 2.71. The molecule has 2 heterocycles. The molecule has 3 aromatic rings. The van der Waals surface area contributed by atoms with Crippen LogP contribution in [0, 0.1) is 0 Å². The number of carbonyl (C=O) groups is 1. The molecule has 0 aliphatic rings. The Kier molecular flexibility index (Phi) is 4.81. The van der Waals surface area contributed by atoms with Gasteiger partial charge in [0.05, 0.1) is 7.11 Å². The third-order valence-corrected chi connectivity index (χ3v) is 3.35. The maximum atomic E-state index is 11.9. The highest BCUT2D eigenvalue weighted by Crippen LogP contribution is 2.20. The molecule has 0 fully saturated rings. The highest BCUT2D eigenvalue weighted by atomic mass is 16.5. The molecule has 0 saturated heterocycles. The molecule has 2 aromatic heterocycles. The topological polar surface area (TPSA) is 90.1 Å². The normalized spacial score (nSPS) is 10.4. The second-order valence-corrected chi connectivity index (χ2v) is 5.02. The molecule has 0 radical (unpaired) electrons. The Morgan fingerprint density at radius 2 is 1.92 bits per heavy atom. The van der Waals surface area contributed by atoms with Crippen LogP contribution < -0.4 is 10.1 Å². The standard InChI is InChI=1S/C17H16N4O3/c1-23-14-4-2-12(3-5-14)17-20-16(24-21-17)7-6-15(22)19-13-8-10-18-11-9-13/h2-5,8-11H,6-7H2,1H3,(H,18,19,22). The minimum Gasteiger partial charge on any atom is -0.497 e. The number of ether oxygens (including phenoxy) is 1. The van der Waals surface area contributed by atoms with Crippen LogP contribution in [0.5, 0.6) is 5.75 Å². The third kappa shape index (κ3) is 3.95. The summed E-state index contributed by atoms with van der Waals surface area (Å²) >= 11 is 0. The summed E-state index contributed by atoms with van der Waals surface area (Å²) in [5.74, 6) is 1.55. The summed E-state index contributed by atoms with van der Waals surface area (Å²) in [6.07, 6.45) is 3.87. The van der Waals surface area contributed by atoms with E-state index in [-0.39, 0.29) is 12.3 Å². The predicted molar refractivity (Wildman–Crippen MR) is 87.5 cm³/mol. The molecule has 0 bridgehead atoms. The quantitative estimate of drug-likeness (QED) is 0.750. The number of methoxy groups -OCH3 is 1. The molecule has 1 aromatic carbocycles. The number of aryl methyl sites for hydroxylation is 1. The first-order chi connectivity index (χ1) is 11.7. The van der Waals surface area contributed by atoms with E-state index in [1.807, 2.05) is 24.3 Å². The zero-order chi connectivity index (χ0) is 16.8. The number of pyridine rings is 1. The van der Waals surface area contributed by atoms with Crippen LogP contribution in [0.15, 0.2) is 53.3 Å². The summed E-state index contributed by atoms with van der Waals surface area (Å²) in [4.78, 5) is 20.1. The van der Waals surface area contributed by atoms with Gasteiger partial charge in [-0.1, -0.05) is 5.16 Å². The van der Waals surface area contributed by atoms with Crippen molar-refractivity contribution >= 4 is 11.6 Å². The molecule has 24 heavy (non-hydrogen) atoms. The smallest absolute Gasteiger partial charge is 0.227 e. The molecule has 0 saturated carbocycles. The second kappa shape index (κ2) is 7.36. The first-order valence-electron chi connectivity index (χ1n) is 7.41. The summed E-state index contributed by atoms with van der Waals surface area (Å²) in [6.45, 7) is 0. The van der Waals surface area contributed by atoms with Crippen molar-refractivity contribution in [3.63, 3.8) is 0 Å². The number of nitrogens with one attached hydrogen (secondary N) is 1. The van der Waals surface area contributed by atoms with E-state index in [0.717, 1.165) is 11.3 Å². The Morgan fingerprint density at radius 1 is 1.17 bits per heavy atom. The van der Waals surface area contributed by atoms with Crippen molar-refractivity contribution in [1.82, 2.24) is 15.1 Å². The Balaban J connectivity index is 1.56. The van der Waals surface area contributed by atoms with Crippen LogP contribution >= 0.6 is 0 Å². The molecule has 0 aliphatic carbocycles. The fraction of sp³-hybridized carbons (Fsp3) is 0.176. The first-order valence-corrected chi connectivity index (χ1v) is 7.41. The molecule has 0 aliphatic heterocycles. The molecule has 0 atom stereocenters. The van der Waals surface area contributed by atoms with Crippen LogP contribution in [0.1, 0.15) is 12.3 Å². The lowest BCUT2D eigenvalue weighted by Gasteiger charge is -2.02. The Hall–Kier alpha value is -3.22. The lowest BCUT2D eigenvalue weighted by atomic mass is 10.2. The van der Waals surface area contributed by atoms with Crippen LogP contribution in [0.25, 0.3) is 11.4 Å². The highest BCUT2D eigenvalue weighted by molar-refractivity contribution is 5.90. The van der Waals surface area contributed by atoms with E-state index in [2.05, 4.69) is 20.4 Å². The molecule has 1 N–H and O–H groups in total. The largest absolute Gasteiger partial charge is 0.497 e. The van der Waals surface area contributed by atoms with Gasteiger partial charge < -0.3 is 14.6 Å². The van der Waals surface area contributed by atoms with E-state index < -0.39 is 0 Å². The summed E-state index contributed by atoms with van der Waals surface area (Å²) in [7, 11) is 1.61. The number of hydrogen-bond acceptors (Lipinski definition) is 6. The summed E-state index contributed by atoms with van der Waals surface area (Å²) in [5, 5.41) is 6.72. The van der Waals surface area contributed by atoms with Gasteiger partial charge in [-0.2, -0.15) is 4.98 Å². The lowest BCUT2D eigenvalue weighted by molar-refractivity contribution is -0.116. The molecule has 3 rings (SSSR count). The number of hydrogen-bond donors (Lipinski definition) is 1. The van der Waals surface area contributed by atoms with Gasteiger partial charge in [-0.3, -0.25) is 9.78 Å². The van der Waals surface area contributed by atoms with E-state index in [1.165, 1.54) is 0 Å². The molecular weight excluding hydrogens is 308 g/mol. The maximum absolute atomic E-state index is 11.9. The van der Waals surface area contributed by atoms with Crippen molar-refractivity contribution in [3.05, 3.63) is 54.7 Å². The molecule has 122 valence electrons. The summed E-state index contributed by atoms with van der Waals surface area (Å²) in [6, 6.07) is 10.8. The van der Waals surface area contributed by atoms with E-state index in [0.29, 0.717) is 23.8 Å². The van der Waals surface area contributed by atoms with Crippen LogP contribution in [0.2, 0.25) is 0 Å². The fourth-order valence-corrected chi connectivity index (χ4v) is 2.09. The van der Waals surface area contributed by atoms with Crippen LogP contribution in [0.3, 0.4) is 0 Å². The number of amides is 1. The van der Waals surface area contributed by atoms with Gasteiger partial charge in [-0.25, -0.2) is 0 Å². The van der Waals surface area contributed by atoms with Crippen molar-refractivity contribution in [3.8, 4) is 17.1 Å². The monoisotopic (exact) mass is 324 g/mol. The summed E-state index contributed by atoms with van der Waals surface area (Å²) < 4.78 is 10.3. The zero-order valence-electron chi connectivity index (χ0n) is 13.1. The highest BCUT2D eigenvalue weighted by Gasteiger charge is 2.11. The minimum atomic E-state index is -0.120. The molecule has 0 spiro atoms. The van der Waals surface area contributed by atoms with Gasteiger partial charge in [-0.05, 0) is 36.4 Å². The fourth-order valence-electron chi connectivity index (χ4n) is 2.09. The average Bonchev–Trinajstić information content (AvgIpc) is 3.10. The minimum absolute atomic E-state index is 0.120. The van der Waals surface area contributed by atoms with E-state index in [4.69, 9.17) is 9.26 Å². The van der Waals surface area contributed by atoms with Gasteiger partial charge >= 0.3 is 0 Å². The molecular formula is C17H16N4O3. The van der Waals surface area contributed by atoms with Gasteiger partial charge in [0, 0.05) is 36.5 Å². The van der Waals surface area contributed by atoms with Crippen molar-refractivity contribution < 1.29 is 14.1 Å². The van der Waals surface area contributed by atoms with E-state index in [1.54, 1.807) is 31.6 Å². The first kappa shape index (κ1) is 15.7. The number of nitrogens with zero attached hydrogens (tertiary/aromatic N) is 3. The molecule has 7 nitrogen and oxygen atoms in total. The Bertz CT molecular complexity index is 800. The summed E-state index contributed by atoms with van der Waals surface area (Å²) in [5.41, 5.74) is 1.53. The number of rotatable bonds is 6.